The number of benzene rings is 1. The molecule has 30 heavy (non-hydrogen) atoms. The molecule has 158 valence electrons. The van der Waals surface area contributed by atoms with Gasteiger partial charge in [0.2, 0.25) is 5.95 Å². The second-order valence-corrected chi connectivity index (χ2v) is 8.34. The molecule has 0 bridgehead atoms. The Kier molecular flexibility index (Phi) is 5.78. The fraction of sp³-hybridized carbons (Fsp3) is 0.429. The van der Waals surface area contributed by atoms with E-state index < -0.39 is 17.4 Å². The van der Waals surface area contributed by atoms with Gasteiger partial charge in [-0.05, 0) is 45.7 Å². The molecule has 2 heterocycles. The molecule has 2 aromatic rings. The Labute approximate surface area is 174 Å². The lowest BCUT2D eigenvalue weighted by Crippen LogP contribution is -2.57. The van der Waals surface area contributed by atoms with Gasteiger partial charge in [-0.15, -0.1) is 0 Å². The first-order valence-corrected chi connectivity index (χ1v) is 9.72. The summed E-state index contributed by atoms with van der Waals surface area (Å²) in [6.07, 6.45) is 0.606. The van der Waals surface area contributed by atoms with Crippen LogP contribution in [0.4, 0.5) is 21.0 Å². The van der Waals surface area contributed by atoms with Crippen molar-refractivity contribution in [2.24, 2.45) is 0 Å². The summed E-state index contributed by atoms with van der Waals surface area (Å²) in [5.41, 5.74) is 6.25. The minimum Gasteiger partial charge on any atom is -0.465 e. The van der Waals surface area contributed by atoms with E-state index in [0.29, 0.717) is 30.2 Å². The standard InChI is InChI=1S/C21H25FN6O2/c1-21(2,3)28(20(29)30)15-5-4-8-27(12-15)18-10-17(25-19(24)26-18)13-6-7-14(11-23)16(22)9-13/h6-7,9-10,15H,4-5,8,12H2,1-3H3,(H,29,30)(H2,24,25,26). The van der Waals surface area contributed by atoms with Crippen LogP contribution in [0.2, 0.25) is 0 Å². The number of piperidine rings is 1. The predicted molar refractivity (Wildman–Crippen MR) is 111 cm³/mol. The largest absolute Gasteiger partial charge is 0.465 e. The maximum absolute atomic E-state index is 14.1. The molecule has 1 aromatic carbocycles. The first-order chi connectivity index (χ1) is 14.1. The Morgan fingerprint density at radius 1 is 1.37 bits per heavy atom. The monoisotopic (exact) mass is 412 g/mol. The Morgan fingerprint density at radius 2 is 2.10 bits per heavy atom. The van der Waals surface area contributed by atoms with Crippen molar-refractivity contribution >= 4 is 17.9 Å². The van der Waals surface area contributed by atoms with Crippen LogP contribution in [-0.4, -0.2) is 50.7 Å². The van der Waals surface area contributed by atoms with Crippen LogP contribution in [0.3, 0.4) is 0 Å². The van der Waals surface area contributed by atoms with Gasteiger partial charge in [-0.2, -0.15) is 10.2 Å². The summed E-state index contributed by atoms with van der Waals surface area (Å²) >= 11 is 0. The normalized spacial score (nSPS) is 16.8. The van der Waals surface area contributed by atoms with Crippen molar-refractivity contribution in [3.63, 3.8) is 0 Å². The van der Waals surface area contributed by atoms with Crippen molar-refractivity contribution in [2.75, 3.05) is 23.7 Å². The SMILES string of the molecule is CC(C)(C)N(C(=O)O)C1CCCN(c2cc(-c3ccc(C#N)c(F)c3)nc(N)n2)C1. The molecule has 3 rings (SSSR count). The lowest BCUT2D eigenvalue weighted by molar-refractivity contribution is 0.0647. The maximum atomic E-state index is 14.1. The zero-order chi connectivity index (χ0) is 22.1. The van der Waals surface area contributed by atoms with Crippen LogP contribution in [0.15, 0.2) is 24.3 Å². The van der Waals surface area contributed by atoms with Crippen LogP contribution >= 0.6 is 0 Å². The van der Waals surface area contributed by atoms with Gasteiger partial charge < -0.3 is 15.7 Å². The van der Waals surface area contributed by atoms with Gasteiger partial charge >= 0.3 is 6.09 Å². The fourth-order valence-electron chi connectivity index (χ4n) is 3.89. The van der Waals surface area contributed by atoms with Crippen molar-refractivity contribution in [3.05, 3.63) is 35.6 Å². The molecule has 1 aliphatic heterocycles. The third kappa shape index (κ3) is 4.43. The highest BCUT2D eigenvalue weighted by Crippen LogP contribution is 2.29. The van der Waals surface area contributed by atoms with E-state index in [-0.39, 0.29) is 17.6 Å². The van der Waals surface area contributed by atoms with Gasteiger partial charge in [-0.1, -0.05) is 6.07 Å². The molecule has 9 heteroatoms. The summed E-state index contributed by atoms with van der Waals surface area (Å²) in [4.78, 5) is 23.9. The second kappa shape index (κ2) is 8.14. The van der Waals surface area contributed by atoms with Gasteiger partial charge in [0.15, 0.2) is 0 Å². The van der Waals surface area contributed by atoms with Crippen molar-refractivity contribution in [3.8, 4) is 17.3 Å². The van der Waals surface area contributed by atoms with E-state index in [2.05, 4.69) is 9.97 Å². The summed E-state index contributed by atoms with van der Waals surface area (Å²) in [5, 5.41) is 18.6. The van der Waals surface area contributed by atoms with E-state index in [4.69, 9.17) is 11.0 Å². The van der Waals surface area contributed by atoms with Gasteiger partial charge in [-0.3, -0.25) is 4.90 Å². The average molecular weight is 412 g/mol. The number of nitrogens with two attached hydrogens (primary N) is 1. The minimum atomic E-state index is -0.953. The topological polar surface area (TPSA) is 119 Å². The number of hydrogen-bond acceptors (Lipinski definition) is 6. The van der Waals surface area contributed by atoms with Gasteiger partial charge in [0.05, 0.1) is 17.3 Å². The number of nitrogens with zero attached hydrogens (tertiary/aromatic N) is 5. The molecule has 0 spiro atoms. The number of aromatic nitrogens is 2. The predicted octanol–water partition coefficient (Wildman–Crippen LogP) is 3.48. The first kappa shape index (κ1) is 21.3. The number of hydrogen-bond donors (Lipinski definition) is 2. The van der Waals surface area contributed by atoms with Crippen LogP contribution in [0, 0.1) is 17.1 Å². The van der Waals surface area contributed by atoms with Gasteiger partial charge in [-0.25, -0.2) is 14.2 Å². The minimum absolute atomic E-state index is 0.0419. The number of anilines is 2. The molecule has 1 atom stereocenters. The van der Waals surface area contributed by atoms with E-state index in [1.54, 1.807) is 18.2 Å². The molecule has 1 saturated heterocycles. The number of carbonyl (C=O) groups is 1. The fourth-order valence-corrected chi connectivity index (χ4v) is 3.89. The number of nitrogen functional groups attached to an aromatic ring is 1. The maximum Gasteiger partial charge on any atom is 0.408 e. The van der Waals surface area contributed by atoms with Gasteiger partial charge in [0.25, 0.3) is 0 Å². The van der Waals surface area contributed by atoms with Crippen LogP contribution in [0.1, 0.15) is 39.2 Å². The highest BCUT2D eigenvalue weighted by atomic mass is 19.1. The molecule has 1 aliphatic rings. The van der Waals surface area contributed by atoms with E-state index in [0.717, 1.165) is 12.8 Å². The molecule has 0 radical (unpaired) electrons. The van der Waals surface area contributed by atoms with Crippen molar-refractivity contribution < 1.29 is 14.3 Å². The van der Waals surface area contributed by atoms with Crippen LogP contribution < -0.4 is 10.6 Å². The number of halogens is 1. The Bertz CT molecular complexity index is 998. The number of rotatable bonds is 3. The second-order valence-electron chi connectivity index (χ2n) is 8.34. The molecular formula is C21H25FN6O2. The van der Waals surface area contributed by atoms with E-state index in [1.807, 2.05) is 25.7 Å². The smallest absolute Gasteiger partial charge is 0.408 e. The highest BCUT2D eigenvalue weighted by molar-refractivity contribution is 5.67. The summed E-state index contributed by atoms with van der Waals surface area (Å²) in [5.74, 6) is -0.0273. The van der Waals surface area contributed by atoms with Crippen molar-refractivity contribution in [1.82, 2.24) is 14.9 Å². The summed E-state index contributed by atoms with van der Waals surface area (Å²) < 4.78 is 14.1. The summed E-state index contributed by atoms with van der Waals surface area (Å²) in [7, 11) is 0. The number of carboxylic acid groups (broad SMARTS) is 1. The molecule has 3 N–H and O–H groups in total. The molecule has 1 unspecified atom stereocenters. The van der Waals surface area contributed by atoms with E-state index in [9.17, 15) is 14.3 Å². The third-order valence-electron chi connectivity index (χ3n) is 5.13. The van der Waals surface area contributed by atoms with Crippen molar-refractivity contribution in [1.29, 1.82) is 5.26 Å². The Balaban J connectivity index is 1.92. The lowest BCUT2D eigenvalue weighted by Gasteiger charge is -2.44. The summed E-state index contributed by atoms with van der Waals surface area (Å²) in [6, 6.07) is 7.56. The molecule has 0 aliphatic carbocycles. The zero-order valence-corrected chi connectivity index (χ0v) is 17.3. The van der Waals surface area contributed by atoms with Crippen molar-refractivity contribution in [2.45, 2.75) is 45.2 Å². The van der Waals surface area contributed by atoms with E-state index in [1.165, 1.54) is 17.0 Å². The number of amides is 1. The molecule has 0 saturated carbocycles. The lowest BCUT2D eigenvalue weighted by atomic mass is 9.97. The number of nitriles is 1. The van der Waals surface area contributed by atoms with Gasteiger partial charge in [0, 0.05) is 30.3 Å². The third-order valence-corrected chi connectivity index (χ3v) is 5.13. The first-order valence-electron chi connectivity index (χ1n) is 9.72. The van der Waals surface area contributed by atoms with Gasteiger partial charge in [0.1, 0.15) is 17.7 Å². The molecule has 1 fully saturated rings. The average Bonchev–Trinajstić information content (AvgIpc) is 2.66. The van der Waals surface area contributed by atoms with E-state index >= 15 is 0 Å². The Morgan fingerprint density at radius 3 is 2.70 bits per heavy atom. The highest BCUT2D eigenvalue weighted by Gasteiger charge is 2.36. The van der Waals surface area contributed by atoms with Crippen LogP contribution in [0.5, 0.6) is 0 Å². The zero-order valence-electron chi connectivity index (χ0n) is 17.3. The Hall–Kier alpha value is -3.41. The van der Waals surface area contributed by atoms with Crippen LogP contribution in [-0.2, 0) is 0 Å². The molecular weight excluding hydrogens is 387 g/mol. The summed E-state index contributed by atoms with van der Waals surface area (Å²) in [6.45, 7) is 6.80. The molecule has 1 aromatic heterocycles. The quantitative estimate of drug-likeness (QED) is 0.792. The molecule has 1 amide bonds. The molecule has 8 nitrogen and oxygen atoms in total. The van der Waals surface area contributed by atoms with Crippen LogP contribution in [0.25, 0.3) is 11.3 Å².